The van der Waals surface area contributed by atoms with Crippen LogP contribution in [-0.2, 0) is 6.42 Å². The predicted molar refractivity (Wildman–Crippen MR) is 198 cm³/mol. The number of benzene rings is 3. The third kappa shape index (κ3) is 9.76. The lowest BCUT2D eigenvalue weighted by Crippen LogP contribution is -2.23. The normalized spacial score (nSPS) is 19.9. The molecule has 0 heterocycles. The summed E-state index contributed by atoms with van der Waals surface area (Å²) in [7, 11) is 0. The molecule has 3 heteroatoms. The van der Waals surface area contributed by atoms with Gasteiger partial charge in [0.05, 0.1) is 0 Å². The largest absolute Gasteiger partial charge is 0.206 e. The summed E-state index contributed by atoms with van der Waals surface area (Å²) < 4.78 is 45.6. The number of unbranched alkanes of at least 4 members (excludes halogenated alkanes) is 7. The summed E-state index contributed by atoms with van der Waals surface area (Å²) in [5.41, 5.74) is 4.78. The summed E-state index contributed by atoms with van der Waals surface area (Å²) in [6.45, 7) is 4.33. The minimum absolute atomic E-state index is 0.245. The maximum absolute atomic E-state index is 15.5. The summed E-state index contributed by atoms with van der Waals surface area (Å²) in [5, 5.41) is 0. The van der Waals surface area contributed by atoms with E-state index < -0.39 is 11.6 Å². The number of aryl methyl sites for hydroxylation is 1. The highest BCUT2D eigenvalue weighted by Crippen LogP contribution is 2.42. The van der Waals surface area contributed by atoms with E-state index in [0.29, 0.717) is 23.1 Å². The molecule has 48 heavy (non-hydrogen) atoms. The standard InChI is InChI=1S/C45H57F3/c1-3-5-7-8-9-10-11-13-15-39-28-31-42(45(48)44(39)47)38-26-24-37(25-27-38)41-30-29-40(32-43(41)46)36-22-20-35(21-23-36)34-18-16-33(17-19-34)14-12-6-4-2/h4,6,22,24-35H,3,5,7-21,23H2,1-2H3/b6-4+. The van der Waals surface area contributed by atoms with Crippen LogP contribution in [0.4, 0.5) is 13.2 Å². The van der Waals surface area contributed by atoms with E-state index in [4.69, 9.17) is 0 Å². The molecule has 1 atom stereocenters. The van der Waals surface area contributed by atoms with Crippen molar-refractivity contribution in [2.75, 3.05) is 0 Å². The molecule has 0 aliphatic heterocycles. The molecule has 0 spiro atoms. The average molecular weight is 655 g/mol. The Bertz CT molecular complexity index is 1490. The molecule has 3 aromatic carbocycles. The first-order valence-electron chi connectivity index (χ1n) is 19.2. The van der Waals surface area contributed by atoms with Crippen molar-refractivity contribution in [1.82, 2.24) is 0 Å². The lowest BCUT2D eigenvalue weighted by atomic mass is 9.70. The molecule has 3 aromatic rings. The van der Waals surface area contributed by atoms with Gasteiger partial charge in [0.2, 0.25) is 0 Å². The number of allylic oxidation sites excluding steroid dienone is 4. The Morgan fingerprint density at radius 1 is 0.667 bits per heavy atom. The molecule has 0 aromatic heterocycles. The molecule has 0 bridgehead atoms. The molecule has 1 saturated carbocycles. The van der Waals surface area contributed by atoms with Crippen molar-refractivity contribution in [3.63, 3.8) is 0 Å². The molecule has 0 radical (unpaired) electrons. The molecular weight excluding hydrogens is 597 g/mol. The van der Waals surface area contributed by atoms with Gasteiger partial charge in [-0.05, 0) is 116 Å². The van der Waals surface area contributed by atoms with E-state index in [1.165, 1.54) is 82.6 Å². The van der Waals surface area contributed by atoms with E-state index in [0.717, 1.165) is 61.0 Å². The number of halogens is 3. The van der Waals surface area contributed by atoms with Crippen molar-refractivity contribution in [3.05, 3.63) is 101 Å². The Kier molecular flexibility index (Phi) is 14.1. The summed E-state index contributed by atoms with van der Waals surface area (Å²) in [6.07, 6.45) is 28.1. The SMILES string of the molecule is C/C=C/CCC1CCC(C2CC=C(c3ccc(-c4ccc(-c5ccc(CCCCCCCCCC)c(F)c5F)cc4)c(F)c3)CC2)CC1. The first-order chi connectivity index (χ1) is 23.5. The smallest absolute Gasteiger partial charge is 0.166 e. The average Bonchev–Trinajstić information content (AvgIpc) is 3.12. The molecule has 2 aliphatic carbocycles. The van der Waals surface area contributed by atoms with Gasteiger partial charge in [-0.15, -0.1) is 0 Å². The zero-order valence-electron chi connectivity index (χ0n) is 29.5. The summed E-state index contributed by atoms with van der Waals surface area (Å²) >= 11 is 0. The van der Waals surface area contributed by atoms with Crippen LogP contribution in [-0.4, -0.2) is 0 Å². The van der Waals surface area contributed by atoms with Crippen molar-refractivity contribution in [1.29, 1.82) is 0 Å². The van der Waals surface area contributed by atoms with Crippen molar-refractivity contribution in [2.45, 2.75) is 129 Å². The molecule has 258 valence electrons. The maximum atomic E-state index is 15.5. The fraction of sp³-hybridized carbons (Fsp3) is 0.511. The van der Waals surface area contributed by atoms with Crippen LogP contribution in [0.25, 0.3) is 27.8 Å². The third-order valence-corrected chi connectivity index (χ3v) is 11.3. The van der Waals surface area contributed by atoms with Crippen LogP contribution in [0.3, 0.4) is 0 Å². The predicted octanol–water partition coefficient (Wildman–Crippen LogP) is 14.5. The third-order valence-electron chi connectivity index (χ3n) is 11.3. The highest BCUT2D eigenvalue weighted by molar-refractivity contribution is 5.74. The second kappa shape index (κ2) is 18.6. The maximum Gasteiger partial charge on any atom is 0.166 e. The van der Waals surface area contributed by atoms with E-state index >= 15 is 8.78 Å². The zero-order chi connectivity index (χ0) is 33.7. The molecule has 2 aliphatic rings. The fourth-order valence-electron chi connectivity index (χ4n) is 8.22. The lowest BCUT2D eigenvalue weighted by molar-refractivity contribution is 0.190. The quantitative estimate of drug-likeness (QED) is 0.106. The van der Waals surface area contributed by atoms with Gasteiger partial charge in [0.25, 0.3) is 0 Å². The highest BCUT2D eigenvalue weighted by Gasteiger charge is 2.28. The van der Waals surface area contributed by atoms with Crippen molar-refractivity contribution in [3.8, 4) is 22.3 Å². The van der Waals surface area contributed by atoms with Gasteiger partial charge in [-0.25, -0.2) is 13.2 Å². The van der Waals surface area contributed by atoms with E-state index in [2.05, 4.69) is 32.1 Å². The topological polar surface area (TPSA) is 0 Å². The Hall–Kier alpha value is -3.07. The summed E-state index contributed by atoms with van der Waals surface area (Å²) in [5.74, 6) is 0.707. The van der Waals surface area contributed by atoms with E-state index in [-0.39, 0.29) is 11.4 Å². The van der Waals surface area contributed by atoms with Crippen molar-refractivity contribution in [2.24, 2.45) is 17.8 Å². The van der Waals surface area contributed by atoms with Gasteiger partial charge in [-0.3, -0.25) is 0 Å². The Labute approximate surface area is 289 Å². The molecular formula is C45H57F3. The molecule has 0 nitrogen and oxygen atoms in total. The molecule has 1 fully saturated rings. The molecule has 0 saturated heterocycles. The zero-order valence-corrected chi connectivity index (χ0v) is 29.5. The van der Waals surface area contributed by atoms with Gasteiger partial charge < -0.3 is 0 Å². The number of hydrogen-bond donors (Lipinski definition) is 0. The molecule has 0 amide bonds. The summed E-state index contributed by atoms with van der Waals surface area (Å²) in [4.78, 5) is 0. The van der Waals surface area contributed by atoms with Gasteiger partial charge >= 0.3 is 0 Å². The van der Waals surface area contributed by atoms with Crippen LogP contribution in [0.2, 0.25) is 0 Å². The van der Waals surface area contributed by atoms with E-state index in [1.807, 2.05) is 12.1 Å². The minimum Gasteiger partial charge on any atom is -0.206 e. The van der Waals surface area contributed by atoms with E-state index in [1.54, 1.807) is 42.5 Å². The van der Waals surface area contributed by atoms with Crippen LogP contribution in [0.15, 0.2) is 72.8 Å². The summed E-state index contributed by atoms with van der Waals surface area (Å²) in [6, 6.07) is 16.1. The Morgan fingerprint density at radius 3 is 1.96 bits per heavy atom. The first-order valence-corrected chi connectivity index (χ1v) is 19.2. The monoisotopic (exact) mass is 654 g/mol. The van der Waals surface area contributed by atoms with Crippen LogP contribution in [0.1, 0.15) is 134 Å². The second-order valence-corrected chi connectivity index (χ2v) is 14.6. The first kappa shape index (κ1) is 36.2. The molecule has 0 N–H and O–H groups in total. The number of rotatable bonds is 16. The van der Waals surface area contributed by atoms with Crippen LogP contribution >= 0.6 is 0 Å². The van der Waals surface area contributed by atoms with E-state index in [9.17, 15) is 4.39 Å². The van der Waals surface area contributed by atoms with Gasteiger partial charge in [-0.1, -0.05) is 131 Å². The van der Waals surface area contributed by atoms with Crippen molar-refractivity contribution >= 4 is 5.57 Å². The molecule has 5 rings (SSSR count). The van der Waals surface area contributed by atoms with Gasteiger partial charge in [0.1, 0.15) is 5.82 Å². The Morgan fingerprint density at radius 2 is 1.31 bits per heavy atom. The van der Waals surface area contributed by atoms with Gasteiger partial charge in [0.15, 0.2) is 11.6 Å². The molecule has 1 unspecified atom stereocenters. The van der Waals surface area contributed by atoms with Gasteiger partial charge in [-0.2, -0.15) is 0 Å². The second-order valence-electron chi connectivity index (χ2n) is 14.6. The van der Waals surface area contributed by atoms with Gasteiger partial charge in [0, 0.05) is 11.1 Å². The highest BCUT2D eigenvalue weighted by atomic mass is 19.2. The number of hydrogen-bond acceptors (Lipinski definition) is 0. The minimum atomic E-state index is -0.800. The lowest BCUT2D eigenvalue weighted by Gasteiger charge is -2.35. The van der Waals surface area contributed by atoms with Crippen LogP contribution < -0.4 is 0 Å². The van der Waals surface area contributed by atoms with Crippen LogP contribution in [0, 0.1) is 35.2 Å². The Balaban J connectivity index is 1.14. The van der Waals surface area contributed by atoms with Crippen LogP contribution in [0.5, 0.6) is 0 Å². The van der Waals surface area contributed by atoms with Crippen molar-refractivity contribution < 1.29 is 13.2 Å². The fourth-order valence-corrected chi connectivity index (χ4v) is 8.22.